The number of nitrogens with zero attached hydrogens (tertiary/aromatic N) is 4. The molecule has 0 fully saturated rings. The average Bonchev–Trinajstić information content (AvgIpc) is 3.10. The van der Waals surface area contributed by atoms with Gasteiger partial charge in [0.15, 0.2) is 5.82 Å². The Morgan fingerprint density at radius 2 is 1.75 bits per heavy atom. The van der Waals surface area contributed by atoms with Crippen LogP contribution in [0.2, 0.25) is 0 Å². The highest BCUT2D eigenvalue weighted by Crippen LogP contribution is 2.26. The summed E-state index contributed by atoms with van der Waals surface area (Å²) >= 11 is 0. The molecule has 0 atom stereocenters. The summed E-state index contributed by atoms with van der Waals surface area (Å²) in [4.78, 5) is 12.8. The fourth-order valence-corrected chi connectivity index (χ4v) is 2.82. The highest BCUT2D eigenvalue weighted by Gasteiger charge is 2.19. The monoisotopic (exact) mass is 381 g/mol. The van der Waals surface area contributed by atoms with Gasteiger partial charge in [-0.25, -0.2) is 4.39 Å². The minimum atomic E-state index is -0.374. The summed E-state index contributed by atoms with van der Waals surface area (Å²) < 4.78 is 15.0. The van der Waals surface area contributed by atoms with Crippen molar-refractivity contribution in [1.82, 2.24) is 25.5 Å². The van der Waals surface area contributed by atoms with Crippen molar-refractivity contribution in [3.63, 3.8) is 0 Å². The van der Waals surface area contributed by atoms with Crippen molar-refractivity contribution >= 4 is 5.91 Å². The zero-order valence-electron chi connectivity index (χ0n) is 16.7. The lowest BCUT2D eigenvalue weighted by atomic mass is 10.0. The molecule has 1 heterocycles. The maximum atomic E-state index is 13.3. The second-order valence-corrected chi connectivity index (χ2v) is 8.08. The van der Waals surface area contributed by atoms with Crippen molar-refractivity contribution < 1.29 is 9.18 Å². The maximum absolute atomic E-state index is 13.3. The summed E-state index contributed by atoms with van der Waals surface area (Å²) in [6.07, 6.45) is 0. The first-order valence-electron chi connectivity index (χ1n) is 9.16. The number of carbonyl (C=O) groups excluding carboxylic acids is 1. The summed E-state index contributed by atoms with van der Waals surface area (Å²) in [5.74, 6) is 0.292. The summed E-state index contributed by atoms with van der Waals surface area (Å²) in [7, 11) is 0. The SMILES string of the molecule is CC(C)c1nnnn1-c1cc(C(=O)NC(C)(C)C)cc(-c2ccc(F)cc2)c1. The largest absolute Gasteiger partial charge is 0.347 e. The molecular weight excluding hydrogens is 357 g/mol. The van der Waals surface area contributed by atoms with Gasteiger partial charge in [0.2, 0.25) is 0 Å². The molecule has 2 aromatic carbocycles. The van der Waals surface area contributed by atoms with Gasteiger partial charge >= 0.3 is 0 Å². The molecule has 0 aliphatic heterocycles. The van der Waals surface area contributed by atoms with Gasteiger partial charge in [0, 0.05) is 17.0 Å². The van der Waals surface area contributed by atoms with Gasteiger partial charge < -0.3 is 5.32 Å². The van der Waals surface area contributed by atoms with Gasteiger partial charge in [-0.2, -0.15) is 4.68 Å². The molecule has 3 aromatic rings. The molecule has 0 aliphatic rings. The van der Waals surface area contributed by atoms with Crippen LogP contribution in [0.25, 0.3) is 16.8 Å². The van der Waals surface area contributed by atoms with E-state index in [-0.39, 0.29) is 23.2 Å². The first-order chi connectivity index (χ1) is 13.1. The van der Waals surface area contributed by atoms with E-state index < -0.39 is 0 Å². The number of halogens is 1. The van der Waals surface area contributed by atoms with Gasteiger partial charge in [-0.3, -0.25) is 4.79 Å². The zero-order valence-corrected chi connectivity index (χ0v) is 16.7. The van der Waals surface area contributed by atoms with Gasteiger partial charge in [-0.15, -0.1) is 5.10 Å². The van der Waals surface area contributed by atoms with E-state index in [0.29, 0.717) is 17.1 Å². The van der Waals surface area contributed by atoms with Crippen LogP contribution < -0.4 is 5.32 Å². The fraction of sp³-hybridized carbons (Fsp3) is 0.333. The van der Waals surface area contributed by atoms with E-state index in [1.54, 1.807) is 28.9 Å². The van der Waals surface area contributed by atoms with Crippen molar-refractivity contribution in [1.29, 1.82) is 0 Å². The zero-order chi connectivity index (χ0) is 20.5. The molecular formula is C21H24FN5O. The molecule has 0 bridgehead atoms. The molecule has 7 heteroatoms. The van der Waals surface area contributed by atoms with Crippen LogP contribution in [0.15, 0.2) is 42.5 Å². The van der Waals surface area contributed by atoms with Gasteiger partial charge in [-0.1, -0.05) is 26.0 Å². The van der Waals surface area contributed by atoms with Gasteiger partial charge in [0.1, 0.15) is 5.82 Å². The number of hydrogen-bond acceptors (Lipinski definition) is 4. The van der Waals surface area contributed by atoms with Crippen molar-refractivity contribution in [2.45, 2.75) is 46.1 Å². The van der Waals surface area contributed by atoms with E-state index in [0.717, 1.165) is 11.1 Å². The Morgan fingerprint density at radius 3 is 2.36 bits per heavy atom. The Hall–Kier alpha value is -3.09. The Bertz CT molecular complexity index is 987. The molecule has 0 aliphatic carbocycles. The molecule has 1 N–H and O–H groups in total. The number of amides is 1. The third kappa shape index (κ3) is 4.42. The molecule has 28 heavy (non-hydrogen) atoms. The first-order valence-corrected chi connectivity index (χ1v) is 9.16. The molecule has 0 spiro atoms. The van der Waals surface area contributed by atoms with Crippen LogP contribution >= 0.6 is 0 Å². The summed E-state index contributed by atoms with van der Waals surface area (Å²) in [6, 6.07) is 11.6. The number of hydrogen-bond donors (Lipinski definition) is 1. The topological polar surface area (TPSA) is 72.7 Å². The van der Waals surface area contributed by atoms with Crippen LogP contribution in [-0.4, -0.2) is 31.7 Å². The Kier molecular flexibility index (Phi) is 5.27. The fourth-order valence-electron chi connectivity index (χ4n) is 2.82. The highest BCUT2D eigenvalue weighted by atomic mass is 19.1. The van der Waals surface area contributed by atoms with E-state index in [2.05, 4.69) is 20.8 Å². The van der Waals surface area contributed by atoms with Gasteiger partial charge in [0.25, 0.3) is 5.91 Å². The Morgan fingerprint density at radius 1 is 1.07 bits per heavy atom. The van der Waals surface area contributed by atoms with Crippen molar-refractivity contribution in [3.8, 4) is 16.8 Å². The van der Waals surface area contributed by atoms with Crippen LogP contribution in [0.5, 0.6) is 0 Å². The number of benzene rings is 2. The van der Waals surface area contributed by atoms with E-state index in [4.69, 9.17) is 0 Å². The lowest BCUT2D eigenvalue weighted by Gasteiger charge is -2.21. The third-order valence-electron chi connectivity index (χ3n) is 4.10. The molecule has 1 aromatic heterocycles. The summed E-state index contributed by atoms with van der Waals surface area (Å²) in [5, 5.41) is 14.9. The number of carbonyl (C=O) groups is 1. The van der Waals surface area contributed by atoms with Crippen LogP contribution in [0.3, 0.4) is 0 Å². The smallest absolute Gasteiger partial charge is 0.251 e. The molecule has 1 amide bonds. The van der Waals surface area contributed by atoms with Crippen molar-refractivity contribution in [2.24, 2.45) is 0 Å². The molecule has 0 unspecified atom stereocenters. The van der Waals surface area contributed by atoms with Crippen LogP contribution in [-0.2, 0) is 0 Å². The number of rotatable bonds is 4. The van der Waals surface area contributed by atoms with Gasteiger partial charge in [0.05, 0.1) is 5.69 Å². The predicted octanol–water partition coefficient (Wildman–Crippen LogP) is 4.12. The number of aromatic nitrogens is 4. The number of tetrazole rings is 1. The first kappa shape index (κ1) is 19.7. The second kappa shape index (κ2) is 7.50. The van der Waals surface area contributed by atoms with Crippen molar-refractivity contribution in [3.05, 3.63) is 59.7 Å². The Labute approximate surface area is 163 Å². The molecule has 0 saturated heterocycles. The van der Waals surface area contributed by atoms with Crippen LogP contribution in [0, 0.1) is 5.82 Å². The lowest BCUT2D eigenvalue weighted by Crippen LogP contribution is -2.40. The normalized spacial score (nSPS) is 11.7. The van der Waals surface area contributed by atoms with E-state index >= 15 is 0 Å². The minimum absolute atomic E-state index is 0.108. The average molecular weight is 381 g/mol. The summed E-state index contributed by atoms with van der Waals surface area (Å²) in [5.41, 5.74) is 2.36. The summed E-state index contributed by atoms with van der Waals surface area (Å²) in [6.45, 7) is 9.77. The number of nitrogens with one attached hydrogen (secondary N) is 1. The molecule has 3 rings (SSSR count). The van der Waals surface area contributed by atoms with Crippen molar-refractivity contribution in [2.75, 3.05) is 0 Å². The predicted molar refractivity (Wildman–Crippen MR) is 106 cm³/mol. The standard InChI is InChI=1S/C21H24FN5O/c1-13(2)19-24-25-26-27(19)18-11-15(14-6-8-17(22)9-7-14)10-16(12-18)20(28)23-21(3,4)5/h6-13H,1-5H3,(H,23,28). The highest BCUT2D eigenvalue weighted by molar-refractivity contribution is 5.96. The molecule has 0 radical (unpaired) electrons. The minimum Gasteiger partial charge on any atom is -0.347 e. The molecule has 0 saturated carbocycles. The van der Waals surface area contributed by atoms with E-state index in [9.17, 15) is 9.18 Å². The molecule has 6 nitrogen and oxygen atoms in total. The lowest BCUT2D eigenvalue weighted by molar-refractivity contribution is 0.0919. The quantitative estimate of drug-likeness (QED) is 0.738. The molecule has 146 valence electrons. The van der Waals surface area contributed by atoms with E-state index in [1.807, 2.05) is 40.7 Å². The third-order valence-corrected chi connectivity index (χ3v) is 4.10. The second-order valence-electron chi connectivity index (χ2n) is 8.08. The van der Waals surface area contributed by atoms with Crippen LogP contribution in [0.4, 0.5) is 4.39 Å². The Balaban J connectivity index is 2.15. The maximum Gasteiger partial charge on any atom is 0.251 e. The van der Waals surface area contributed by atoms with Gasteiger partial charge in [-0.05, 0) is 72.7 Å². The van der Waals surface area contributed by atoms with Crippen LogP contribution in [0.1, 0.15) is 56.7 Å². The van der Waals surface area contributed by atoms with E-state index in [1.165, 1.54) is 12.1 Å².